The molecule has 2 heteroatoms. The van der Waals surface area contributed by atoms with Gasteiger partial charge in [0.15, 0.2) is 0 Å². The number of rotatable bonds is 1. The van der Waals surface area contributed by atoms with Crippen LogP contribution in [-0.4, -0.2) is 4.98 Å². The average Bonchev–Trinajstić information content (AvgIpc) is 2.20. The summed E-state index contributed by atoms with van der Waals surface area (Å²) in [6.45, 7) is 3.52. The molecule has 0 atom stereocenters. The van der Waals surface area contributed by atoms with E-state index in [-0.39, 0.29) is 0 Å². The highest BCUT2D eigenvalue weighted by Gasteiger charge is 1.98. The van der Waals surface area contributed by atoms with Gasteiger partial charge in [-0.2, -0.15) is 0 Å². The second kappa shape index (κ2) is 3.36. The molecule has 0 unspecified atom stereocenters. The lowest BCUT2D eigenvalue weighted by Gasteiger charge is -2.01. The first-order chi connectivity index (χ1) is 6.81. The van der Waals surface area contributed by atoms with Gasteiger partial charge < -0.3 is 5.73 Å². The Morgan fingerprint density at radius 2 is 2.29 bits per heavy atom. The third-order valence-electron chi connectivity index (χ3n) is 2.05. The number of anilines is 1. The summed E-state index contributed by atoms with van der Waals surface area (Å²) in [5.41, 5.74) is 11.2. The molecule has 2 rings (SSSR count). The Hall–Kier alpha value is -2.05. The summed E-state index contributed by atoms with van der Waals surface area (Å²) in [5.74, 6) is 0. The molecule has 0 aliphatic rings. The Labute approximate surface area is 82.4 Å². The van der Waals surface area contributed by atoms with E-state index in [9.17, 15) is 0 Å². The fourth-order valence-corrected chi connectivity index (χ4v) is 1.39. The maximum Gasteiger partial charge on any atom is 0.0723 e. The molecule has 2 N–H and O–H groups in total. The van der Waals surface area contributed by atoms with E-state index in [4.69, 9.17) is 5.73 Å². The van der Waals surface area contributed by atoms with Crippen molar-refractivity contribution in [1.82, 2.24) is 4.98 Å². The number of nitrogens with two attached hydrogens (primary N) is 1. The van der Waals surface area contributed by atoms with E-state index in [1.165, 1.54) is 0 Å². The normalized spacial score (nSPS) is 9.71. The summed E-state index contributed by atoms with van der Waals surface area (Å²) in [6.07, 6.45) is 3.55. The molecule has 0 amide bonds. The number of nitrogen functional groups attached to an aromatic ring is 1. The molecule has 0 aliphatic heterocycles. The van der Waals surface area contributed by atoms with Gasteiger partial charge in [-0.1, -0.05) is 12.6 Å². The first kappa shape index (κ1) is 8.54. The van der Waals surface area contributed by atoms with Crippen LogP contribution in [-0.2, 0) is 0 Å². The minimum atomic E-state index is 0.745. The standard InChI is InChI=1S/C12H10N2/c1-2-4-9-7-10-11(13)5-3-6-12(10)14-8-9/h3-8H,1,13H2. The molecule has 0 fully saturated rings. The van der Waals surface area contributed by atoms with E-state index < -0.39 is 0 Å². The molecule has 1 aromatic heterocycles. The van der Waals surface area contributed by atoms with Crippen LogP contribution in [0.3, 0.4) is 0 Å². The van der Waals surface area contributed by atoms with Crippen LogP contribution in [0, 0.1) is 0 Å². The first-order valence-electron chi connectivity index (χ1n) is 4.31. The lowest BCUT2D eigenvalue weighted by Crippen LogP contribution is -1.88. The second-order valence-corrected chi connectivity index (χ2v) is 3.03. The topological polar surface area (TPSA) is 38.9 Å². The lowest BCUT2D eigenvalue weighted by molar-refractivity contribution is 1.40. The summed E-state index contributed by atoms with van der Waals surface area (Å²) >= 11 is 0. The van der Waals surface area contributed by atoms with Crippen molar-refractivity contribution in [3.8, 4) is 0 Å². The van der Waals surface area contributed by atoms with Gasteiger partial charge in [-0.15, -0.1) is 5.73 Å². The maximum absolute atomic E-state index is 5.83. The Bertz CT molecular complexity index is 523. The van der Waals surface area contributed by atoms with Crippen molar-refractivity contribution >= 4 is 22.7 Å². The summed E-state index contributed by atoms with van der Waals surface area (Å²) in [6, 6.07) is 7.68. The molecule has 0 bridgehead atoms. The lowest BCUT2D eigenvalue weighted by atomic mass is 10.1. The summed E-state index contributed by atoms with van der Waals surface area (Å²) in [4.78, 5) is 4.28. The van der Waals surface area contributed by atoms with Gasteiger partial charge in [-0.05, 0) is 24.3 Å². The van der Waals surface area contributed by atoms with Crippen molar-refractivity contribution in [1.29, 1.82) is 0 Å². The van der Waals surface area contributed by atoms with Gasteiger partial charge in [-0.25, -0.2) is 0 Å². The zero-order chi connectivity index (χ0) is 9.97. The van der Waals surface area contributed by atoms with E-state index in [0.29, 0.717) is 0 Å². The summed E-state index contributed by atoms with van der Waals surface area (Å²) < 4.78 is 0. The number of nitrogens with zero attached hydrogens (tertiary/aromatic N) is 1. The second-order valence-electron chi connectivity index (χ2n) is 3.03. The van der Waals surface area contributed by atoms with E-state index in [1.807, 2.05) is 24.3 Å². The van der Waals surface area contributed by atoms with Crippen LogP contribution in [0.15, 0.2) is 42.8 Å². The van der Waals surface area contributed by atoms with Crippen LogP contribution in [0.4, 0.5) is 5.69 Å². The fraction of sp³-hybridized carbons (Fsp3) is 0. The Morgan fingerprint density at radius 1 is 1.43 bits per heavy atom. The molecule has 2 nitrogen and oxygen atoms in total. The number of aromatic nitrogens is 1. The quantitative estimate of drug-likeness (QED) is 0.544. The van der Waals surface area contributed by atoms with Gasteiger partial charge in [0.2, 0.25) is 0 Å². The average molecular weight is 182 g/mol. The molecular weight excluding hydrogens is 172 g/mol. The zero-order valence-corrected chi connectivity index (χ0v) is 7.70. The molecule has 1 heterocycles. The highest BCUT2D eigenvalue weighted by molar-refractivity contribution is 5.91. The smallest absolute Gasteiger partial charge is 0.0723 e. The number of benzene rings is 1. The van der Waals surface area contributed by atoms with Crippen LogP contribution in [0.5, 0.6) is 0 Å². The van der Waals surface area contributed by atoms with Crippen molar-refractivity contribution in [2.75, 3.05) is 5.73 Å². The van der Waals surface area contributed by atoms with Crippen LogP contribution in [0.25, 0.3) is 17.0 Å². The molecule has 0 spiro atoms. The molecule has 1 aromatic carbocycles. The van der Waals surface area contributed by atoms with Gasteiger partial charge >= 0.3 is 0 Å². The van der Waals surface area contributed by atoms with Gasteiger partial charge in [0.25, 0.3) is 0 Å². The van der Waals surface area contributed by atoms with E-state index in [0.717, 1.165) is 22.2 Å². The molecule has 0 aliphatic carbocycles. The summed E-state index contributed by atoms with van der Waals surface area (Å²) in [5, 5.41) is 0.969. The van der Waals surface area contributed by atoms with Crippen LogP contribution in [0.2, 0.25) is 0 Å². The number of pyridine rings is 1. The summed E-state index contributed by atoms with van der Waals surface area (Å²) in [7, 11) is 0. The van der Waals surface area contributed by atoms with Gasteiger partial charge in [0.1, 0.15) is 0 Å². The number of hydrogen-bond acceptors (Lipinski definition) is 2. The van der Waals surface area contributed by atoms with Crippen molar-refractivity contribution in [2.45, 2.75) is 0 Å². The third-order valence-corrected chi connectivity index (χ3v) is 2.05. The highest BCUT2D eigenvalue weighted by atomic mass is 14.7. The molecule has 68 valence electrons. The monoisotopic (exact) mass is 182 g/mol. The van der Waals surface area contributed by atoms with Crippen molar-refractivity contribution in [2.24, 2.45) is 0 Å². The largest absolute Gasteiger partial charge is 0.398 e. The van der Waals surface area contributed by atoms with Gasteiger partial charge in [0.05, 0.1) is 5.52 Å². The van der Waals surface area contributed by atoms with Crippen molar-refractivity contribution in [3.05, 3.63) is 48.3 Å². The molecule has 2 aromatic rings. The van der Waals surface area contributed by atoms with Crippen LogP contribution in [0.1, 0.15) is 5.56 Å². The van der Waals surface area contributed by atoms with Crippen LogP contribution >= 0.6 is 0 Å². The first-order valence-corrected chi connectivity index (χ1v) is 4.31. The molecule has 0 saturated heterocycles. The fourth-order valence-electron chi connectivity index (χ4n) is 1.39. The SMILES string of the molecule is C=C=Cc1cnc2cccc(N)c2c1. The molecule has 0 radical (unpaired) electrons. The molecular formula is C12H10N2. The molecule has 0 saturated carbocycles. The predicted octanol–water partition coefficient (Wildman–Crippen LogP) is 2.62. The minimum absolute atomic E-state index is 0.745. The van der Waals surface area contributed by atoms with Gasteiger partial charge in [-0.3, -0.25) is 4.98 Å². The van der Waals surface area contributed by atoms with Gasteiger partial charge in [0, 0.05) is 22.8 Å². The maximum atomic E-state index is 5.83. The van der Waals surface area contributed by atoms with Crippen LogP contribution < -0.4 is 5.73 Å². The third kappa shape index (κ3) is 1.39. The highest BCUT2D eigenvalue weighted by Crippen LogP contribution is 2.20. The van der Waals surface area contributed by atoms with Crippen molar-refractivity contribution in [3.63, 3.8) is 0 Å². The van der Waals surface area contributed by atoms with E-state index in [1.54, 1.807) is 12.3 Å². The van der Waals surface area contributed by atoms with E-state index in [2.05, 4.69) is 17.3 Å². The van der Waals surface area contributed by atoms with E-state index >= 15 is 0 Å². The zero-order valence-electron chi connectivity index (χ0n) is 7.70. The van der Waals surface area contributed by atoms with Crippen molar-refractivity contribution < 1.29 is 0 Å². The Morgan fingerprint density at radius 3 is 3.07 bits per heavy atom. The predicted molar refractivity (Wildman–Crippen MR) is 59.8 cm³/mol. The number of fused-ring (bicyclic) bond motifs is 1. The Balaban J connectivity index is 2.75. The Kier molecular flexibility index (Phi) is 2.05. The molecule has 14 heavy (non-hydrogen) atoms. The minimum Gasteiger partial charge on any atom is -0.398 e. The number of hydrogen-bond donors (Lipinski definition) is 1.